The smallest absolute Gasteiger partial charge is 0.132 e. The Labute approximate surface area is 107 Å². The van der Waals surface area contributed by atoms with E-state index in [2.05, 4.69) is 4.98 Å². The molecule has 3 N–H and O–H groups in total. The molecule has 0 saturated carbocycles. The molecule has 2 aromatic rings. The fourth-order valence-corrected chi connectivity index (χ4v) is 1.82. The summed E-state index contributed by atoms with van der Waals surface area (Å²) in [7, 11) is 1.92. The minimum absolute atomic E-state index is 0.0603. The highest BCUT2D eigenvalue weighted by Gasteiger charge is 2.11. The Morgan fingerprint density at radius 1 is 1.28 bits per heavy atom. The molecule has 0 spiro atoms. The van der Waals surface area contributed by atoms with Crippen molar-refractivity contribution in [1.82, 2.24) is 4.98 Å². The van der Waals surface area contributed by atoms with Crippen LogP contribution in [0.15, 0.2) is 42.6 Å². The number of hydrogen-bond acceptors (Lipinski definition) is 3. The van der Waals surface area contributed by atoms with Gasteiger partial charge in [0.25, 0.3) is 0 Å². The van der Waals surface area contributed by atoms with E-state index in [9.17, 15) is 0 Å². The number of nitrogens with zero attached hydrogens (tertiary/aromatic N) is 2. The fraction of sp³-hybridized carbons (Fsp3) is 0.143. The lowest BCUT2D eigenvalue weighted by Gasteiger charge is -2.21. The van der Waals surface area contributed by atoms with E-state index >= 15 is 0 Å². The number of hydrogen-bond donors (Lipinski definition) is 2. The van der Waals surface area contributed by atoms with Gasteiger partial charge in [-0.15, -0.1) is 0 Å². The third-order valence-corrected chi connectivity index (χ3v) is 2.80. The quantitative estimate of drug-likeness (QED) is 0.639. The molecule has 1 aromatic carbocycles. The lowest BCUT2D eigenvalue weighted by Crippen LogP contribution is -2.19. The predicted molar refractivity (Wildman–Crippen MR) is 74.5 cm³/mol. The van der Waals surface area contributed by atoms with E-state index in [-0.39, 0.29) is 5.84 Å². The Bertz CT molecular complexity index is 578. The first-order valence-electron chi connectivity index (χ1n) is 5.69. The molecule has 1 aromatic heterocycles. The van der Waals surface area contributed by atoms with Crippen LogP contribution in [0.3, 0.4) is 0 Å². The minimum atomic E-state index is 0.0603. The van der Waals surface area contributed by atoms with Crippen molar-refractivity contribution in [3.05, 3.63) is 53.7 Å². The monoisotopic (exact) mass is 240 g/mol. The van der Waals surface area contributed by atoms with Crippen LogP contribution in [0.4, 0.5) is 11.5 Å². The summed E-state index contributed by atoms with van der Waals surface area (Å²) in [4.78, 5) is 6.27. The van der Waals surface area contributed by atoms with E-state index in [1.165, 1.54) is 0 Å². The molecule has 0 saturated heterocycles. The highest BCUT2D eigenvalue weighted by atomic mass is 15.2. The van der Waals surface area contributed by atoms with Gasteiger partial charge in [0.2, 0.25) is 0 Å². The molecule has 1 heterocycles. The van der Waals surface area contributed by atoms with Gasteiger partial charge in [0.15, 0.2) is 0 Å². The maximum atomic E-state index is 7.60. The van der Waals surface area contributed by atoms with E-state index in [1.54, 1.807) is 6.20 Å². The molecule has 2 rings (SSSR count). The third-order valence-electron chi connectivity index (χ3n) is 2.80. The summed E-state index contributed by atoms with van der Waals surface area (Å²) in [5.41, 5.74) is 8.33. The molecule has 0 atom stereocenters. The van der Waals surface area contributed by atoms with Crippen LogP contribution < -0.4 is 10.6 Å². The van der Waals surface area contributed by atoms with Crippen molar-refractivity contribution in [2.75, 3.05) is 11.9 Å². The minimum Gasteiger partial charge on any atom is -0.384 e. The van der Waals surface area contributed by atoms with Crippen molar-refractivity contribution in [2.45, 2.75) is 6.92 Å². The second-order valence-electron chi connectivity index (χ2n) is 4.18. The Hall–Kier alpha value is -2.36. The highest BCUT2D eigenvalue weighted by molar-refractivity contribution is 6.01. The standard InChI is InChI=1S/C14H16N4/c1-10-7-8-17-13(9-10)18(2)12-6-4-3-5-11(12)14(15)16/h3-9H,1-2H3,(H3,15,16). The Morgan fingerprint density at radius 2 is 2.00 bits per heavy atom. The first-order chi connectivity index (χ1) is 8.59. The van der Waals surface area contributed by atoms with Gasteiger partial charge < -0.3 is 10.6 Å². The average Bonchev–Trinajstić information content (AvgIpc) is 2.38. The van der Waals surface area contributed by atoms with Crippen LogP contribution in [0.25, 0.3) is 0 Å². The maximum Gasteiger partial charge on any atom is 0.132 e. The topological polar surface area (TPSA) is 66.0 Å². The van der Waals surface area contributed by atoms with Crippen LogP contribution in [-0.2, 0) is 0 Å². The number of nitrogens with two attached hydrogens (primary N) is 1. The van der Waals surface area contributed by atoms with E-state index < -0.39 is 0 Å². The van der Waals surface area contributed by atoms with Gasteiger partial charge in [-0.3, -0.25) is 5.41 Å². The van der Waals surface area contributed by atoms with E-state index in [0.717, 1.165) is 17.1 Å². The second kappa shape index (κ2) is 4.87. The molecule has 0 aliphatic rings. The third kappa shape index (κ3) is 2.32. The zero-order valence-electron chi connectivity index (χ0n) is 10.5. The summed E-state index contributed by atoms with van der Waals surface area (Å²) in [5.74, 6) is 0.897. The number of nitrogen functional groups attached to an aromatic ring is 1. The van der Waals surface area contributed by atoms with Gasteiger partial charge in [-0.1, -0.05) is 12.1 Å². The summed E-state index contributed by atoms with van der Waals surface area (Å²) in [6.45, 7) is 2.02. The van der Waals surface area contributed by atoms with Gasteiger partial charge in [0.1, 0.15) is 11.7 Å². The van der Waals surface area contributed by atoms with E-state index in [4.69, 9.17) is 11.1 Å². The normalized spacial score (nSPS) is 10.1. The van der Waals surface area contributed by atoms with Gasteiger partial charge in [-0.2, -0.15) is 0 Å². The van der Waals surface area contributed by atoms with Gasteiger partial charge in [-0.05, 0) is 36.8 Å². The molecule has 18 heavy (non-hydrogen) atoms. The molecule has 0 unspecified atom stereocenters. The molecule has 0 amide bonds. The van der Waals surface area contributed by atoms with Crippen molar-refractivity contribution in [3.63, 3.8) is 0 Å². The Kier molecular flexibility index (Phi) is 3.28. The number of anilines is 2. The summed E-state index contributed by atoms with van der Waals surface area (Å²) < 4.78 is 0. The SMILES string of the molecule is Cc1ccnc(N(C)c2ccccc2C(=N)N)c1. The summed E-state index contributed by atoms with van der Waals surface area (Å²) in [6, 6.07) is 11.5. The van der Waals surface area contributed by atoms with Crippen LogP contribution in [0, 0.1) is 12.3 Å². The summed E-state index contributed by atoms with van der Waals surface area (Å²) >= 11 is 0. The molecule has 0 aliphatic carbocycles. The van der Waals surface area contributed by atoms with Crippen LogP contribution >= 0.6 is 0 Å². The molecular weight excluding hydrogens is 224 g/mol. The van der Waals surface area contributed by atoms with Crippen LogP contribution in [-0.4, -0.2) is 17.9 Å². The molecular formula is C14H16N4. The van der Waals surface area contributed by atoms with E-state index in [1.807, 2.05) is 55.3 Å². The number of aromatic nitrogens is 1. The summed E-state index contributed by atoms with van der Waals surface area (Å²) in [5, 5.41) is 7.60. The van der Waals surface area contributed by atoms with Crippen LogP contribution in [0.2, 0.25) is 0 Å². The predicted octanol–water partition coefficient (Wildman–Crippen LogP) is 2.44. The van der Waals surface area contributed by atoms with Crippen molar-refractivity contribution in [1.29, 1.82) is 5.41 Å². The average molecular weight is 240 g/mol. The molecule has 0 bridgehead atoms. The molecule has 0 radical (unpaired) electrons. The van der Waals surface area contributed by atoms with Gasteiger partial charge in [-0.25, -0.2) is 4.98 Å². The van der Waals surface area contributed by atoms with Crippen molar-refractivity contribution >= 4 is 17.3 Å². The van der Waals surface area contributed by atoms with Crippen molar-refractivity contribution in [2.24, 2.45) is 5.73 Å². The first kappa shape index (κ1) is 12.1. The second-order valence-corrected chi connectivity index (χ2v) is 4.18. The number of rotatable bonds is 3. The number of para-hydroxylation sites is 1. The number of aryl methyl sites for hydroxylation is 1. The number of pyridine rings is 1. The van der Waals surface area contributed by atoms with Gasteiger partial charge >= 0.3 is 0 Å². The molecule has 92 valence electrons. The molecule has 0 aliphatic heterocycles. The van der Waals surface area contributed by atoms with E-state index in [0.29, 0.717) is 5.56 Å². The Balaban J connectivity index is 2.46. The van der Waals surface area contributed by atoms with Crippen molar-refractivity contribution < 1.29 is 0 Å². The van der Waals surface area contributed by atoms with Crippen molar-refractivity contribution in [3.8, 4) is 0 Å². The number of amidine groups is 1. The largest absolute Gasteiger partial charge is 0.384 e. The van der Waals surface area contributed by atoms with Gasteiger partial charge in [0.05, 0.1) is 5.69 Å². The fourth-order valence-electron chi connectivity index (χ4n) is 1.82. The maximum absolute atomic E-state index is 7.60. The lowest BCUT2D eigenvalue weighted by atomic mass is 10.1. The molecule has 0 fully saturated rings. The molecule has 4 heteroatoms. The first-order valence-corrected chi connectivity index (χ1v) is 5.69. The lowest BCUT2D eigenvalue weighted by molar-refractivity contribution is 1.11. The highest BCUT2D eigenvalue weighted by Crippen LogP contribution is 2.25. The van der Waals surface area contributed by atoms with Gasteiger partial charge in [0, 0.05) is 18.8 Å². The Morgan fingerprint density at radius 3 is 2.67 bits per heavy atom. The summed E-state index contributed by atoms with van der Waals surface area (Å²) in [6.07, 6.45) is 1.78. The molecule has 4 nitrogen and oxygen atoms in total. The van der Waals surface area contributed by atoms with Crippen LogP contribution in [0.1, 0.15) is 11.1 Å². The number of nitrogens with one attached hydrogen (secondary N) is 1. The number of benzene rings is 1. The zero-order chi connectivity index (χ0) is 13.1. The zero-order valence-corrected chi connectivity index (χ0v) is 10.5. The van der Waals surface area contributed by atoms with Crippen LogP contribution in [0.5, 0.6) is 0 Å².